The fraction of sp³-hybridized carbons (Fsp3) is 0.308. The predicted molar refractivity (Wildman–Crippen MR) is 79.6 cm³/mol. The highest BCUT2D eigenvalue weighted by molar-refractivity contribution is 7.92. The first-order valence-electron chi connectivity index (χ1n) is 6.03. The third-order valence-corrected chi connectivity index (χ3v) is 5.17. The van der Waals surface area contributed by atoms with E-state index in [1.165, 1.54) is 11.4 Å². The second-order valence-corrected chi connectivity index (χ2v) is 6.73. The third kappa shape index (κ3) is 2.53. The fourth-order valence-electron chi connectivity index (χ4n) is 1.89. The van der Waals surface area contributed by atoms with Crippen LogP contribution in [0.25, 0.3) is 0 Å². The molecule has 1 aromatic heterocycles. The zero-order valence-electron chi connectivity index (χ0n) is 11.5. The molecular weight excluding hydrogens is 298 g/mol. The largest absolute Gasteiger partial charge is 0.283 e. The van der Waals surface area contributed by atoms with Gasteiger partial charge < -0.3 is 0 Å². The van der Waals surface area contributed by atoms with Gasteiger partial charge >= 0.3 is 0 Å². The lowest BCUT2D eigenvalue weighted by Crippen LogP contribution is -2.27. The lowest BCUT2D eigenvalue weighted by atomic mass is 10.2. The van der Waals surface area contributed by atoms with Crippen molar-refractivity contribution in [3.63, 3.8) is 0 Å². The van der Waals surface area contributed by atoms with Crippen LogP contribution in [0.5, 0.6) is 0 Å². The minimum Gasteiger partial charge on any atom is -0.281 e. The van der Waals surface area contributed by atoms with E-state index in [-0.39, 0.29) is 10.9 Å². The summed E-state index contributed by atoms with van der Waals surface area (Å²) in [6.07, 6.45) is 0. The van der Waals surface area contributed by atoms with Gasteiger partial charge in [-0.15, -0.1) is 11.6 Å². The first-order valence-corrected chi connectivity index (χ1v) is 8.00. The van der Waals surface area contributed by atoms with E-state index in [9.17, 15) is 8.42 Å². The Morgan fingerprint density at radius 1 is 1.35 bits per heavy atom. The van der Waals surface area contributed by atoms with Crippen LogP contribution in [0, 0.1) is 13.8 Å². The topological polar surface area (TPSA) is 66.1 Å². The molecule has 1 aromatic carbocycles. The molecular formula is C13H16ClN3O2S. The molecule has 2 aromatic rings. The molecule has 0 saturated carbocycles. The summed E-state index contributed by atoms with van der Waals surface area (Å²) < 4.78 is 26.5. The van der Waals surface area contributed by atoms with Crippen molar-refractivity contribution in [2.75, 3.05) is 11.4 Å². The lowest BCUT2D eigenvalue weighted by molar-refractivity contribution is 0.589. The molecule has 0 atom stereocenters. The quantitative estimate of drug-likeness (QED) is 0.882. The predicted octanol–water partition coefficient (Wildman–Crippen LogP) is 2.59. The Kier molecular flexibility index (Phi) is 4.06. The number of nitrogens with one attached hydrogen (secondary N) is 1. The number of alkyl halides is 1. The SMILES string of the molecule is Cc1cccc(N(C)S(=O)(=O)c2n[nH]c(C)c2CCl)c1. The van der Waals surface area contributed by atoms with Crippen LogP contribution in [0.3, 0.4) is 0 Å². The molecule has 0 aliphatic rings. The number of aromatic nitrogens is 2. The minimum absolute atomic E-state index is 0.0194. The van der Waals surface area contributed by atoms with Gasteiger partial charge in [0, 0.05) is 18.3 Å². The maximum Gasteiger partial charge on any atom is 0.283 e. The van der Waals surface area contributed by atoms with Gasteiger partial charge in [0.1, 0.15) is 0 Å². The molecule has 0 unspecified atom stereocenters. The molecule has 0 aliphatic heterocycles. The zero-order valence-corrected chi connectivity index (χ0v) is 13.1. The van der Waals surface area contributed by atoms with Gasteiger partial charge in [-0.2, -0.15) is 13.5 Å². The Morgan fingerprint density at radius 2 is 2.05 bits per heavy atom. The van der Waals surface area contributed by atoms with E-state index in [1.807, 2.05) is 19.1 Å². The van der Waals surface area contributed by atoms with Crippen molar-refractivity contribution in [3.05, 3.63) is 41.1 Å². The van der Waals surface area contributed by atoms with Crippen LogP contribution < -0.4 is 4.31 Å². The summed E-state index contributed by atoms with van der Waals surface area (Å²) >= 11 is 5.82. The number of hydrogen-bond donors (Lipinski definition) is 1. The van der Waals surface area contributed by atoms with E-state index >= 15 is 0 Å². The molecule has 1 N–H and O–H groups in total. The second-order valence-electron chi connectivity index (χ2n) is 4.58. The van der Waals surface area contributed by atoms with Gasteiger partial charge in [0.25, 0.3) is 10.0 Å². The molecule has 20 heavy (non-hydrogen) atoms. The molecule has 0 aliphatic carbocycles. The summed E-state index contributed by atoms with van der Waals surface area (Å²) in [4.78, 5) is 0. The smallest absolute Gasteiger partial charge is 0.281 e. The van der Waals surface area contributed by atoms with Crippen molar-refractivity contribution < 1.29 is 8.42 Å². The summed E-state index contributed by atoms with van der Waals surface area (Å²) in [6.45, 7) is 3.66. The van der Waals surface area contributed by atoms with Gasteiger partial charge in [-0.1, -0.05) is 12.1 Å². The standard InChI is InChI=1S/C13H16ClN3O2S/c1-9-5-4-6-11(7-9)17(3)20(18,19)13-12(8-14)10(2)15-16-13/h4-7H,8H2,1-3H3,(H,15,16). The van der Waals surface area contributed by atoms with E-state index in [0.717, 1.165) is 5.56 Å². The number of halogens is 1. The number of rotatable bonds is 4. The van der Waals surface area contributed by atoms with Gasteiger partial charge in [-0.05, 0) is 31.5 Å². The lowest BCUT2D eigenvalue weighted by Gasteiger charge is -2.19. The van der Waals surface area contributed by atoms with Crippen LogP contribution in [-0.4, -0.2) is 25.7 Å². The first-order chi connectivity index (χ1) is 9.37. The molecule has 1 heterocycles. The average Bonchev–Trinajstić information content (AvgIpc) is 2.79. The van der Waals surface area contributed by atoms with E-state index < -0.39 is 10.0 Å². The number of aryl methyl sites for hydroxylation is 2. The van der Waals surface area contributed by atoms with Crippen molar-refractivity contribution in [1.29, 1.82) is 0 Å². The van der Waals surface area contributed by atoms with Crippen molar-refractivity contribution in [3.8, 4) is 0 Å². The normalized spacial score (nSPS) is 11.6. The molecule has 0 bridgehead atoms. The van der Waals surface area contributed by atoms with E-state index in [4.69, 9.17) is 11.6 Å². The Bertz CT molecular complexity index is 725. The summed E-state index contributed by atoms with van der Waals surface area (Å²) in [7, 11) is -2.22. The maximum atomic E-state index is 12.6. The molecule has 7 heteroatoms. The molecule has 0 fully saturated rings. The highest BCUT2D eigenvalue weighted by Gasteiger charge is 2.28. The summed E-state index contributed by atoms with van der Waals surface area (Å²) in [5.41, 5.74) is 2.74. The Labute approximate surface area is 123 Å². The Hall–Kier alpha value is -1.53. The molecule has 5 nitrogen and oxygen atoms in total. The van der Waals surface area contributed by atoms with E-state index in [1.54, 1.807) is 19.1 Å². The van der Waals surface area contributed by atoms with Crippen molar-refractivity contribution >= 4 is 27.3 Å². The number of nitrogens with zero attached hydrogens (tertiary/aromatic N) is 2. The average molecular weight is 314 g/mol. The first kappa shape index (κ1) is 14.9. The molecule has 0 radical (unpaired) electrons. The van der Waals surface area contributed by atoms with Crippen molar-refractivity contribution in [2.24, 2.45) is 0 Å². The number of H-pyrrole nitrogens is 1. The summed E-state index contributed by atoms with van der Waals surface area (Å²) in [5, 5.41) is 6.54. The van der Waals surface area contributed by atoms with Crippen LogP contribution in [0.15, 0.2) is 29.3 Å². The molecule has 2 rings (SSSR count). The highest BCUT2D eigenvalue weighted by atomic mass is 35.5. The fourth-order valence-corrected chi connectivity index (χ4v) is 3.65. The molecule has 108 valence electrons. The van der Waals surface area contributed by atoms with Crippen LogP contribution in [0.1, 0.15) is 16.8 Å². The highest BCUT2D eigenvalue weighted by Crippen LogP contribution is 2.25. The number of aromatic amines is 1. The van der Waals surface area contributed by atoms with Gasteiger partial charge in [-0.3, -0.25) is 9.40 Å². The monoisotopic (exact) mass is 313 g/mol. The number of hydrogen-bond acceptors (Lipinski definition) is 3. The van der Waals surface area contributed by atoms with Crippen LogP contribution in [0.4, 0.5) is 5.69 Å². The van der Waals surface area contributed by atoms with Crippen LogP contribution in [-0.2, 0) is 15.9 Å². The number of benzene rings is 1. The van der Waals surface area contributed by atoms with Gasteiger partial charge in [0.05, 0.1) is 11.6 Å². The molecule has 0 amide bonds. The van der Waals surface area contributed by atoms with E-state index in [2.05, 4.69) is 10.2 Å². The number of sulfonamides is 1. The molecule has 0 saturated heterocycles. The minimum atomic E-state index is -3.72. The maximum absolute atomic E-state index is 12.6. The van der Waals surface area contributed by atoms with Gasteiger partial charge in [0.15, 0.2) is 0 Å². The van der Waals surface area contributed by atoms with Crippen molar-refractivity contribution in [1.82, 2.24) is 10.2 Å². The Morgan fingerprint density at radius 3 is 2.65 bits per heavy atom. The summed E-state index contributed by atoms with van der Waals surface area (Å²) in [5.74, 6) is 0.0958. The van der Waals surface area contributed by atoms with Gasteiger partial charge in [-0.25, -0.2) is 0 Å². The van der Waals surface area contributed by atoms with Gasteiger partial charge in [0.2, 0.25) is 5.03 Å². The zero-order chi connectivity index (χ0) is 14.9. The van der Waals surface area contributed by atoms with Crippen LogP contribution in [0.2, 0.25) is 0 Å². The van der Waals surface area contributed by atoms with Crippen molar-refractivity contribution in [2.45, 2.75) is 24.8 Å². The second kappa shape index (κ2) is 5.46. The molecule has 0 spiro atoms. The third-order valence-electron chi connectivity index (χ3n) is 3.14. The van der Waals surface area contributed by atoms with Crippen LogP contribution >= 0.6 is 11.6 Å². The summed E-state index contributed by atoms with van der Waals surface area (Å²) in [6, 6.07) is 7.27. The number of anilines is 1. The Balaban J connectivity index is 2.49. The van der Waals surface area contributed by atoms with E-state index in [0.29, 0.717) is 16.9 Å².